The fourth-order valence-corrected chi connectivity index (χ4v) is 2.21. The van der Waals surface area contributed by atoms with Crippen LogP contribution in [0.3, 0.4) is 0 Å². The number of nitrogens with zero attached hydrogens (tertiary/aromatic N) is 4. The van der Waals surface area contributed by atoms with Crippen LogP contribution in [0.5, 0.6) is 0 Å². The van der Waals surface area contributed by atoms with Crippen molar-refractivity contribution in [3.8, 4) is 0 Å². The number of aromatic nitrogens is 3. The Kier molecular flexibility index (Phi) is 11.7. The molecule has 0 atom stereocenters. The molecule has 7 heteroatoms. The zero-order valence-corrected chi connectivity index (χ0v) is 16.4. The van der Waals surface area contributed by atoms with Crippen molar-refractivity contribution in [2.45, 2.75) is 59.9 Å². The Hall–Kier alpha value is -1.63. The Bertz CT molecular complexity index is 472. The van der Waals surface area contributed by atoms with Crippen LogP contribution in [-0.4, -0.2) is 53.6 Å². The van der Waals surface area contributed by atoms with Crippen molar-refractivity contribution in [2.24, 2.45) is 10.9 Å². The summed E-state index contributed by atoms with van der Waals surface area (Å²) in [5, 5.41) is 14.9. The molecule has 0 spiro atoms. The van der Waals surface area contributed by atoms with Crippen LogP contribution in [-0.2, 0) is 17.7 Å². The van der Waals surface area contributed by atoms with Crippen LogP contribution in [0.25, 0.3) is 0 Å². The number of hydrogen-bond donors (Lipinski definition) is 2. The van der Waals surface area contributed by atoms with Crippen LogP contribution in [0.15, 0.2) is 11.3 Å². The number of aliphatic imine (C=N–C) groups is 1. The predicted octanol–water partition coefficient (Wildman–Crippen LogP) is 2.24. The van der Waals surface area contributed by atoms with Gasteiger partial charge < -0.3 is 19.9 Å². The molecule has 0 fully saturated rings. The van der Waals surface area contributed by atoms with E-state index in [1.807, 2.05) is 0 Å². The highest BCUT2D eigenvalue weighted by Crippen LogP contribution is 1.95. The van der Waals surface area contributed by atoms with Gasteiger partial charge in [-0.2, -0.15) is 0 Å². The molecule has 0 radical (unpaired) electrons. The Balaban J connectivity index is 2.31. The summed E-state index contributed by atoms with van der Waals surface area (Å²) in [5.41, 5.74) is 0. The molecular formula is C18H36N6O. The summed E-state index contributed by atoms with van der Waals surface area (Å²) in [5.74, 6) is 2.42. The summed E-state index contributed by atoms with van der Waals surface area (Å²) in [6.07, 6.45) is 5.98. The van der Waals surface area contributed by atoms with Gasteiger partial charge in [0.1, 0.15) is 12.2 Å². The average molecular weight is 353 g/mol. The standard InChI is InChI=1S/C18H36N6O/c1-5-7-12-25-13-8-9-19-18(21-14-16(3)4)20-10-11-24-15-22-23-17(24)6-2/h15-16H,5-14H2,1-4H3,(H2,19,20,21). The second-order valence-corrected chi connectivity index (χ2v) is 6.55. The highest BCUT2D eigenvalue weighted by Gasteiger charge is 2.03. The molecule has 0 aliphatic carbocycles. The SMILES string of the molecule is CCCCOCCCNC(=NCC(C)C)NCCn1cnnc1CC. The van der Waals surface area contributed by atoms with Crippen molar-refractivity contribution in [3.05, 3.63) is 12.2 Å². The van der Waals surface area contributed by atoms with E-state index in [4.69, 9.17) is 4.74 Å². The number of nitrogens with one attached hydrogen (secondary N) is 2. The number of aryl methyl sites for hydroxylation is 1. The van der Waals surface area contributed by atoms with E-state index in [0.29, 0.717) is 5.92 Å². The summed E-state index contributed by atoms with van der Waals surface area (Å²) in [4.78, 5) is 4.64. The van der Waals surface area contributed by atoms with Crippen LogP contribution >= 0.6 is 0 Å². The zero-order chi connectivity index (χ0) is 18.3. The lowest BCUT2D eigenvalue weighted by Gasteiger charge is -2.14. The molecule has 2 N–H and O–H groups in total. The minimum Gasteiger partial charge on any atom is -0.381 e. The normalized spacial score (nSPS) is 12.0. The zero-order valence-electron chi connectivity index (χ0n) is 16.4. The minimum absolute atomic E-state index is 0.542. The van der Waals surface area contributed by atoms with Gasteiger partial charge in [0.15, 0.2) is 5.96 Å². The smallest absolute Gasteiger partial charge is 0.191 e. The van der Waals surface area contributed by atoms with Gasteiger partial charge in [-0.15, -0.1) is 10.2 Å². The highest BCUT2D eigenvalue weighted by atomic mass is 16.5. The lowest BCUT2D eigenvalue weighted by atomic mass is 10.2. The quantitative estimate of drug-likeness (QED) is 0.323. The largest absolute Gasteiger partial charge is 0.381 e. The molecule has 0 saturated heterocycles. The number of guanidine groups is 1. The molecule has 1 rings (SSSR count). The molecule has 0 amide bonds. The molecule has 1 heterocycles. The summed E-state index contributed by atoms with van der Waals surface area (Å²) < 4.78 is 7.67. The van der Waals surface area contributed by atoms with E-state index < -0.39 is 0 Å². The first-order valence-electron chi connectivity index (χ1n) is 9.63. The lowest BCUT2D eigenvalue weighted by molar-refractivity contribution is 0.129. The third-order valence-electron chi connectivity index (χ3n) is 3.67. The van der Waals surface area contributed by atoms with Gasteiger partial charge in [0, 0.05) is 45.8 Å². The number of ether oxygens (including phenoxy) is 1. The maximum Gasteiger partial charge on any atom is 0.191 e. The molecule has 0 unspecified atom stereocenters. The maximum atomic E-state index is 5.59. The van der Waals surface area contributed by atoms with Crippen molar-refractivity contribution in [1.82, 2.24) is 25.4 Å². The first kappa shape index (κ1) is 21.4. The first-order chi connectivity index (χ1) is 12.2. The highest BCUT2D eigenvalue weighted by molar-refractivity contribution is 5.79. The summed E-state index contributed by atoms with van der Waals surface area (Å²) in [6.45, 7) is 13.6. The first-order valence-corrected chi connectivity index (χ1v) is 9.63. The van der Waals surface area contributed by atoms with Crippen LogP contribution in [0.2, 0.25) is 0 Å². The number of hydrogen-bond acceptors (Lipinski definition) is 4. The second-order valence-electron chi connectivity index (χ2n) is 6.55. The average Bonchev–Trinajstić information content (AvgIpc) is 3.05. The predicted molar refractivity (Wildman–Crippen MR) is 103 cm³/mol. The van der Waals surface area contributed by atoms with Crippen molar-refractivity contribution < 1.29 is 4.74 Å². The van der Waals surface area contributed by atoms with Gasteiger partial charge in [0.25, 0.3) is 0 Å². The third kappa shape index (κ3) is 10.1. The molecule has 0 aliphatic heterocycles. The molecule has 144 valence electrons. The van der Waals surface area contributed by atoms with Crippen LogP contribution in [0, 0.1) is 5.92 Å². The van der Waals surface area contributed by atoms with Gasteiger partial charge >= 0.3 is 0 Å². The fraction of sp³-hybridized carbons (Fsp3) is 0.833. The van der Waals surface area contributed by atoms with E-state index >= 15 is 0 Å². The summed E-state index contributed by atoms with van der Waals surface area (Å²) in [7, 11) is 0. The van der Waals surface area contributed by atoms with Gasteiger partial charge in [-0.05, 0) is 18.8 Å². The van der Waals surface area contributed by atoms with Gasteiger partial charge in [-0.3, -0.25) is 4.99 Å². The number of rotatable bonds is 13. The van der Waals surface area contributed by atoms with Crippen molar-refractivity contribution in [3.63, 3.8) is 0 Å². The fourth-order valence-electron chi connectivity index (χ4n) is 2.21. The van der Waals surface area contributed by atoms with Crippen LogP contribution in [0.1, 0.15) is 52.8 Å². The monoisotopic (exact) mass is 352 g/mol. The topological polar surface area (TPSA) is 76.4 Å². The molecular weight excluding hydrogens is 316 g/mol. The molecule has 0 aromatic carbocycles. The minimum atomic E-state index is 0.542. The summed E-state index contributed by atoms with van der Waals surface area (Å²) >= 11 is 0. The Morgan fingerprint density at radius 3 is 2.68 bits per heavy atom. The van der Waals surface area contributed by atoms with Gasteiger partial charge in [0.2, 0.25) is 0 Å². The van der Waals surface area contributed by atoms with Crippen LogP contribution in [0.4, 0.5) is 0 Å². The van der Waals surface area contributed by atoms with E-state index in [1.54, 1.807) is 6.33 Å². The Morgan fingerprint density at radius 1 is 1.20 bits per heavy atom. The van der Waals surface area contributed by atoms with Gasteiger partial charge in [-0.25, -0.2) is 0 Å². The van der Waals surface area contributed by atoms with Gasteiger partial charge in [0.05, 0.1) is 0 Å². The molecule has 0 saturated carbocycles. The van der Waals surface area contributed by atoms with Crippen molar-refractivity contribution in [1.29, 1.82) is 0 Å². The molecule has 0 bridgehead atoms. The van der Waals surface area contributed by atoms with E-state index in [1.165, 1.54) is 6.42 Å². The molecule has 25 heavy (non-hydrogen) atoms. The van der Waals surface area contributed by atoms with Gasteiger partial charge in [-0.1, -0.05) is 34.1 Å². The molecule has 1 aromatic rings. The van der Waals surface area contributed by atoms with E-state index in [-0.39, 0.29) is 0 Å². The van der Waals surface area contributed by atoms with E-state index in [2.05, 4.69) is 58.1 Å². The maximum absolute atomic E-state index is 5.59. The van der Waals surface area contributed by atoms with Crippen molar-refractivity contribution in [2.75, 3.05) is 32.8 Å². The van der Waals surface area contributed by atoms with Crippen molar-refractivity contribution >= 4 is 5.96 Å². The molecule has 1 aromatic heterocycles. The van der Waals surface area contributed by atoms with Crippen LogP contribution < -0.4 is 10.6 Å². The Labute approximate surface area is 152 Å². The Morgan fingerprint density at radius 2 is 1.96 bits per heavy atom. The third-order valence-corrected chi connectivity index (χ3v) is 3.67. The van der Waals surface area contributed by atoms with E-state index in [9.17, 15) is 0 Å². The second kappa shape index (κ2) is 13.6. The summed E-state index contributed by atoms with van der Waals surface area (Å²) in [6, 6.07) is 0. The lowest BCUT2D eigenvalue weighted by Crippen LogP contribution is -2.40. The molecule has 7 nitrogen and oxygen atoms in total. The van der Waals surface area contributed by atoms with E-state index in [0.717, 1.165) is 70.4 Å². The number of unbranched alkanes of at least 4 members (excludes halogenated alkanes) is 1. The molecule has 0 aliphatic rings.